The van der Waals surface area contributed by atoms with Crippen LogP contribution in [0.1, 0.15) is 6.42 Å². The van der Waals surface area contributed by atoms with Crippen LogP contribution in [0, 0.1) is 11.3 Å². The minimum absolute atomic E-state index is 0.136. The molecule has 0 amide bonds. The Morgan fingerprint density at radius 2 is 2.55 bits per heavy atom. The van der Waals surface area contributed by atoms with Crippen molar-refractivity contribution in [3.8, 4) is 0 Å². The van der Waals surface area contributed by atoms with Crippen molar-refractivity contribution in [3.63, 3.8) is 0 Å². The first-order valence-corrected chi connectivity index (χ1v) is 3.83. The van der Waals surface area contributed by atoms with Gasteiger partial charge in [-0.3, -0.25) is 5.41 Å². The van der Waals surface area contributed by atoms with Gasteiger partial charge in [-0.2, -0.15) is 0 Å². The summed E-state index contributed by atoms with van der Waals surface area (Å²) in [7, 11) is 1.83. The molecule has 64 valence electrons. The van der Waals surface area contributed by atoms with Crippen LogP contribution in [0.3, 0.4) is 0 Å². The fraction of sp³-hybridized carbons (Fsp3) is 0.857. The van der Waals surface area contributed by atoms with Crippen LogP contribution in [-0.2, 0) is 4.74 Å². The van der Waals surface area contributed by atoms with Gasteiger partial charge in [0.2, 0.25) is 0 Å². The number of rotatable bonds is 2. The van der Waals surface area contributed by atoms with Crippen molar-refractivity contribution in [3.05, 3.63) is 0 Å². The van der Waals surface area contributed by atoms with Gasteiger partial charge >= 0.3 is 0 Å². The monoisotopic (exact) mass is 157 g/mol. The first-order chi connectivity index (χ1) is 5.20. The van der Waals surface area contributed by atoms with E-state index in [1.165, 1.54) is 0 Å². The van der Waals surface area contributed by atoms with E-state index in [-0.39, 0.29) is 5.96 Å². The van der Waals surface area contributed by atoms with E-state index >= 15 is 0 Å². The summed E-state index contributed by atoms with van der Waals surface area (Å²) in [5.74, 6) is 0.695. The van der Waals surface area contributed by atoms with Crippen LogP contribution < -0.4 is 5.73 Å². The van der Waals surface area contributed by atoms with Crippen LogP contribution in [0.2, 0.25) is 0 Å². The van der Waals surface area contributed by atoms with Crippen LogP contribution in [-0.4, -0.2) is 37.7 Å². The first-order valence-electron chi connectivity index (χ1n) is 3.83. The molecule has 0 saturated carbocycles. The molecular formula is C7H15N3O. The minimum atomic E-state index is 0.136. The van der Waals surface area contributed by atoms with Crippen LogP contribution in [0.5, 0.6) is 0 Å². The maximum Gasteiger partial charge on any atom is 0.188 e. The molecule has 0 radical (unpaired) electrons. The van der Waals surface area contributed by atoms with Crippen molar-refractivity contribution < 1.29 is 4.74 Å². The second kappa shape index (κ2) is 3.57. The van der Waals surface area contributed by atoms with Crippen LogP contribution in [0.4, 0.5) is 0 Å². The molecule has 11 heavy (non-hydrogen) atoms. The molecule has 1 saturated heterocycles. The van der Waals surface area contributed by atoms with Gasteiger partial charge in [-0.25, -0.2) is 0 Å². The number of ether oxygens (including phenoxy) is 1. The van der Waals surface area contributed by atoms with E-state index in [1.54, 1.807) is 4.90 Å². The van der Waals surface area contributed by atoms with Gasteiger partial charge < -0.3 is 15.4 Å². The summed E-state index contributed by atoms with van der Waals surface area (Å²) in [6, 6.07) is 0. The Morgan fingerprint density at radius 3 is 3.00 bits per heavy atom. The summed E-state index contributed by atoms with van der Waals surface area (Å²) in [4.78, 5) is 1.75. The average Bonchev–Trinajstić information content (AvgIpc) is 2.39. The van der Waals surface area contributed by atoms with Crippen molar-refractivity contribution >= 4 is 5.96 Å². The van der Waals surface area contributed by atoms with E-state index in [9.17, 15) is 0 Å². The molecule has 4 nitrogen and oxygen atoms in total. The van der Waals surface area contributed by atoms with Gasteiger partial charge in [0.1, 0.15) is 0 Å². The Bertz CT molecular complexity index is 143. The molecule has 3 N–H and O–H groups in total. The van der Waals surface area contributed by atoms with Crippen LogP contribution in [0.15, 0.2) is 0 Å². The van der Waals surface area contributed by atoms with Gasteiger partial charge in [0.15, 0.2) is 5.96 Å². The molecule has 1 fully saturated rings. The predicted octanol–water partition coefficient (Wildman–Crippen LogP) is -0.152. The summed E-state index contributed by atoms with van der Waals surface area (Å²) >= 11 is 0. The fourth-order valence-corrected chi connectivity index (χ4v) is 1.21. The number of hydrogen-bond donors (Lipinski definition) is 2. The molecule has 0 spiro atoms. The Balaban J connectivity index is 2.23. The van der Waals surface area contributed by atoms with E-state index in [0.29, 0.717) is 5.92 Å². The highest BCUT2D eigenvalue weighted by molar-refractivity contribution is 5.74. The molecule has 1 unspecified atom stereocenters. The molecule has 1 heterocycles. The van der Waals surface area contributed by atoms with Crippen molar-refractivity contribution in [2.45, 2.75) is 6.42 Å². The lowest BCUT2D eigenvalue weighted by atomic mass is 10.1. The van der Waals surface area contributed by atoms with Crippen molar-refractivity contribution in [2.75, 3.05) is 26.8 Å². The van der Waals surface area contributed by atoms with E-state index in [1.807, 2.05) is 7.05 Å². The zero-order chi connectivity index (χ0) is 8.27. The Hall–Kier alpha value is -0.770. The second-order valence-corrected chi connectivity index (χ2v) is 3.00. The standard InChI is InChI=1S/C7H15N3O/c1-10(7(8)9)4-6-2-3-11-5-6/h6H,2-5H2,1H3,(H3,8,9). The number of nitrogens with one attached hydrogen (secondary N) is 1. The van der Waals surface area contributed by atoms with Gasteiger partial charge in [0.05, 0.1) is 6.61 Å². The lowest BCUT2D eigenvalue weighted by Gasteiger charge is -2.19. The average molecular weight is 157 g/mol. The largest absolute Gasteiger partial charge is 0.381 e. The summed E-state index contributed by atoms with van der Waals surface area (Å²) < 4.78 is 5.20. The molecule has 0 bridgehead atoms. The first kappa shape index (κ1) is 8.33. The fourth-order valence-electron chi connectivity index (χ4n) is 1.21. The summed E-state index contributed by atoms with van der Waals surface area (Å²) in [6.45, 7) is 2.52. The zero-order valence-electron chi connectivity index (χ0n) is 6.84. The van der Waals surface area contributed by atoms with E-state index in [0.717, 1.165) is 26.2 Å². The van der Waals surface area contributed by atoms with Crippen LogP contribution in [0.25, 0.3) is 0 Å². The third kappa shape index (κ3) is 2.38. The molecule has 0 aliphatic carbocycles. The van der Waals surface area contributed by atoms with E-state index in [2.05, 4.69) is 0 Å². The molecule has 0 aromatic rings. The van der Waals surface area contributed by atoms with E-state index < -0.39 is 0 Å². The molecule has 4 heteroatoms. The molecule has 0 aromatic carbocycles. The molecule has 0 aromatic heterocycles. The third-order valence-corrected chi connectivity index (χ3v) is 1.97. The normalized spacial score (nSPS) is 23.5. The zero-order valence-corrected chi connectivity index (χ0v) is 6.84. The maximum atomic E-state index is 7.13. The number of nitrogens with zero attached hydrogens (tertiary/aromatic N) is 1. The van der Waals surface area contributed by atoms with Crippen molar-refractivity contribution in [1.29, 1.82) is 5.41 Å². The van der Waals surface area contributed by atoms with Gasteiger partial charge in [-0.1, -0.05) is 0 Å². The van der Waals surface area contributed by atoms with Crippen LogP contribution >= 0.6 is 0 Å². The summed E-state index contributed by atoms with van der Waals surface area (Å²) in [6.07, 6.45) is 1.09. The Kier molecular flexibility index (Phi) is 2.70. The Morgan fingerprint density at radius 1 is 1.82 bits per heavy atom. The topological polar surface area (TPSA) is 62.3 Å². The van der Waals surface area contributed by atoms with Gasteiger partial charge in [0, 0.05) is 26.1 Å². The highest BCUT2D eigenvalue weighted by atomic mass is 16.5. The van der Waals surface area contributed by atoms with Crippen molar-refractivity contribution in [1.82, 2.24) is 4.90 Å². The lowest BCUT2D eigenvalue weighted by molar-refractivity contribution is 0.181. The van der Waals surface area contributed by atoms with E-state index in [4.69, 9.17) is 15.9 Å². The van der Waals surface area contributed by atoms with Gasteiger partial charge in [-0.05, 0) is 6.42 Å². The van der Waals surface area contributed by atoms with Gasteiger partial charge in [-0.15, -0.1) is 0 Å². The Labute approximate surface area is 66.8 Å². The molecule has 1 rings (SSSR count). The maximum absolute atomic E-state index is 7.13. The molecule has 1 aliphatic rings. The summed E-state index contributed by atoms with van der Waals surface area (Å²) in [5.41, 5.74) is 5.28. The highest BCUT2D eigenvalue weighted by Gasteiger charge is 2.17. The number of hydrogen-bond acceptors (Lipinski definition) is 2. The minimum Gasteiger partial charge on any atom is -0.381 e. The molecule has 1 atom stereocenters. The number of nitrogens with two attached hydrogens (primary N) is 1. The SMILES string of the molecule is CN(CC1CCOC1)C(=N)N. The smallest absolute Gasteiger partial charge is 0.188 e. The highest BCUT2D eigenvalue weighted by Crippen LogP contribution is 2.12. The number of guanidine groups is 1. The third-order valence-electron chi connectivity index (χ3n) is 1.97. The predicted molar refractivity (Wildman–Crippen MR) is 43.5 cm³/mol. The molecule has 1 aliphatic heterocycles. The second-order valence-electron chi connectivity index (χ2n) is 3.00. The quantitative estimate of drug-likeness (QED) is 0.433. The van der Waals surface area contributed by atoms with Crippen molar-refractivity contribution in [2.24, 2.45) is 11.7 Å². The van der Waals surface area contributed by atoms with Gasteiger partial charge in [0.25, 0.3) is 0 Å². The molecular weight excluding hydrogens is 142 g/mol. The summed E-state index contributed by atoms with van der Waals surface area (Å²) in [5, 5.41) is 7.13. The lowest BCUT2D eigenvalue weighted by Crippen LogP contribution is -2.36.